The van der Waals surface area contributed by atoms with Crippen LogP contribution in [0.2, 0.25) is 0 Å². The lowest BCUT2D eigenvalue weighted by atomic mass is 10.1. The second-order valence-electron chi connectivity index (χ2n) is 6.14. The average molecular weight is 387 g/mol. The minimum atomic E-state index is -0.188. The molecule has 0 saturated carbocycles. The molecule has 2 aromatic heterocycles. The van der Waals surface area contributed by atoms with Gasteiger partial charge in [0.2, 0.25) is 5.91 Å². The third kappa shape index (κ3) is 4.05. The summed E-state index contributed by atoms with van der Waals surface area (Å²) in [5, 5.41) is 14.1. The maximum atomic E-state index is 12.4. The zero-order valence-electron chi connectivity index (χ0n) is 15.1. The van der Waals surface area contributed by atoms with Gasteiger partial charge in [0.1, 0.15) is 6.33 Å². The number of hydrogen-bond donors (Lipinski definition) is 1. The van der Waals surface area contributed by atoms with Gasteiger partial charge in [0, 0.05) is 21.5 Å². The molecular weight excluding hydrogens is 370 g/mol. The number of aromatic nitrogens is 4. The number of aryl methyl sites for hydroxylation is 1. The third-order valence-electron chi connectivity index (χ3n) is 4.18. The fraction of sp³-hybridized carbons (Fsp3) is 0.0476. The molecule has 0 aliphatic heterocycles. The van der Waals surface area contributed by atoms with Crippen LogP contribution >= 0.6 is 11.3 Å². The molecule has 1 amide bonds. The molecule has 0 bridgehead atoms. The number of carbonyl (C=O) groups is 1. The van der Waals surface area contributed by atoms with Gasteiger partial charge in [-0.3, -0.25) is 4.79 Å². The first-order valence-electron chi connectivity index (χ1n) is 8.67. The van der Waals surface area contributed by atoms with Gasteiger partial charge in [-0.05, 0) is 58.8 Å². The molecule has 28 heavy (non-hydrogen) atoms. The van der Waals surface area contributed by atoms with Crippen LogP contribution in [-0.2, 0) is 4.79 Å². The van der Waals surface area contributed by atoms with Gasteiger partial charge >= 0.3 is 0 Å². The molecule has 2 aromatic carbocycles. The Kier molecular flexibility index (Phi) is 5.07. The van der Waals surface area contributed by atoms with Gasteiger partial charge in [-0.2, -0.15) is 0 Å². The van der Waals surface area contributed by atoms with E-state index in [9.17, 15) is 4.79 Å². The van der Waals surface area contributed by atoms with Crippen LogP contribution in [0.4, 0.5) is 5.69 Å². The molecule has 2 heterocycles. The summed E-state index contributed by atoms with van der Waals surface area (Å²) in [6.07, 6.45) is 4.88. The molecule has 0 saturated heterocycles. The normalized spacial score (nSPS) is 11.0. The van der Waals surface area contributed by atoms with Gasteiger partial charge in [-0.15, -0.1) is 16.4 Å². The average Bonchev–Trinajstić information content (AvgIpc) is 3.41. The number of nitrogens with zero attached hydrogens (tertiary/aromatic N) is 4. The van der Waals surface area contributed by atoms with Gasteiger partial charge in [0.25, 0.3) is 0 Å². The van der Waals surface area contributed by atoms with Crippen molar-refractivity contribution in [2.75, 3.05) is 5.32 Å². The summed E-state index contributed by atoms with van der Waals surface area (Å²) in [5.41, 5.74) is 3.63. The summed E-state index contributed by atoms with van der Waals surface area (Å²) in [6.45, 7) is 1.94. The summed E-state index contributed by atoms with van der Waals surface area (Å²) in [6, 6.07) is 19.9. The fourth-order valence-corrected chi connectivity index (χ4v) is 3.62. The highest BCUT2D eigenvalue weighted by molar-refractivity contribution is 7.16. The topological polar surface area (TPSA) is 72.7 Å². The van der Waals surface area contributed by atoms with Crippen LogP contribution in [0, 0.1) is 6.92 Å². The number of hydrogen-bond acceptors (Lipinski definition) is 5. The van der Waals surface area contributed by atoms with Gasteiger partial charge in [0.15, 0.2) is 0 Å². The number of carbonyl (C=O) groups excluding carboxylic acids is 1. The van der Waals surface area contributed by atoms with E-state index in [2.05, 4.69) is 39.0 Å². The number of thiophene rings is 1. The molecule has 0 atom stereocenters. The lowest BCUT2D eigenvalue weighted by Gasteiger charge is -2.08. The number of tetrazole rings is 1. The molecule has 4 rings (SSSR count). The predicted octanol–water partition coefficient (Wildman–Crippen LogP) is 4.35. The standard InChI is InChI=1S/C21H17N5OS/c1-15-7-8-17(26-14-22-24-25-26)13-19(15)23-21(27)12-10-18-9-11-20(28-18)16-5-3-2-4-6-16/h2-14H,1H3,(H,23,27)/b12-10+. The molecule has 6 nitrogen and oxygen atoms in total. The molecule has 0 fully saturated rings. The van der Waals surface area contributed by atoms with Gasteiger partial charge in [-0.25, -0.2) is 4.68 Å². The molecular formula is C21H17N5OS. The Morgan fingerprint density at radius 1 is 1.11 bits per heavy atom. The second-order valence-corrected chi connectivity index (χ2v) is 7.26. The molecule has 1 N–H and O–H groups in total. The van der Waals surface area contributed by atoms with Gasteiger partial charge in [0.05, 0.1) is 5.69 Å². The van der Waals surface area contributed by atoms with E-state index < -0.39 is 0 Å². The third-order valence-corrected chi connectivity index (χ3v) is 5.28. The summed E-state index contributed by atoms with van der Waals surface area (Å²) in [4.78, 5) is 14.6. The van der Waals surface area contributed by atoms with Gasteiger partial charge in [-0.1, -0.05) is 36.4 Å². The van der Waals surface area contributed by atoms with Crippen LogP contribution in [0.5, 0.6) is 0 Å². The quantitative estimate of drug-likeness (QED) is 0.517. The maximum Gasteiger partial charge on any atom is 0.248 e. The van der Waals surface area contributed by atoms with Crippen LogP contribution in [0.3, 0.4) is 0 Å². The maximum absolute atomic E-state index is 12.4. The van der Waals surface area contributed by atoms with Crippen LogP contribution in [-0.4, -0.2) is 26.1 Å². The van der Waals surface area contributed by atoms with Crippen molar-refractivity contribution < 1.29 is 4.79 Å². The number of amides is 1. The number of rotatable bonds is 5. The first kappa shape index (κ1) is 17.8. The summed E-state index contributed by atoms with van der Waals surface area (Å²) in [5.74, 6) is -0.188. The van der Waals surface area contributed by atoms with E-state index in [-0.39, 0.29) is 5.91 Å². The van der Waals surface area contributed by atoms with Crippen LogP contribution in [0.25, 0.3) is 22.2 Å². The summed E-state index contributed by atoms with van der Waals surface area (Å²) in [7, 11) is 0. The zero-order valence-corrected chi connectivity index (χ0v) is 15.9. The van der Waals surface area contributed by atoms with Gasteiger partial charge < -0.3 is 5.32 Å². The van der Waals surface area contributed by atoms with Crippen molar-refractivity contribution in [3.63, 3.8) is 0 Å². The van der Waals surface area contributed by atoms with Crippen molar-refractivity contribution in [3.8, 4) is 16.1 Å². The Balaban J connectivity index is 1.46. The minimum Gasteiger partial charge on any atom is -0.322 e. The van der Waals surface area contributed by atoms with Crippen molar-refractivity contribution in [2.24, 2.45) is 0 Å². The highest BCUT2D eigenvalue weighted by Crippen LogP contribution is 2.28. The Morgan fingerprint density at radius 3 is 2.75 bits per heavy atom. The Labute approximate surface area is 166 Å². The highest BCUT2D eigenvalue weighted by atomic mass is 32.1. The largest absolute Gasteiger partial charge is 0.322 e. The molecule has 4 aromatic rings. The number of benzene rings is 2. The van der Waals surface area contributed by atoms with Crippen LogP contribution in [0.15, 0.2) is 73.1 Å². The second kappa shape index (κ2) is 7.98. The first-order chi connectivity index (χ1) is 13.7. The van der Waals surface area contributed by atoms with Crippen LogP contribution in [0.1, 0.15) is 10.4 Å². The lowest BCUT2D eigenvalue weighted by Crippen LogP contribution is -2.09. The first-order valence-corrected chi connectivity index (χ1v) is 9.49. The molecule has 0 radical (unpaired) electrons. The van der Waals surface area contributed by atoms with E-state index in [1.54, 1.807) is 22.1 Å². The zero-order chi connectivity index (χ0) is 19.3. The van der Waals surface area contributed by atoms with Crippen LogP contribution < -0.4 is 5.32 Å². The Hall–Kier alpha value is -3.58. The monoisotopic (exact) mass is 387 g/mol. The molecule has 0 unspecified atom stereocenters. The van der Waals surface area contributed by atoms with Crippen molar-refractivity contribution in [3.05, 3.63) is 83.5 Å². The van der Waals surface area contributed by atoms with Crippen molar-refractivity contribution in [1.29, 1.82) is 0 Å². The number of nitrogens with one attached hydrogen (secondary N) is 1. The van der Waals surface area contributed by atoms with E-state index >= 15 is 0 Å². The smallest absolute Gasteiger partial charge is 0.248 e. The Bertz CT molecular complexity index is 1120. The van der Waals surface area contributed by atoms with E-state index in [0.29, 0.717) is 0 Å². The van der Waals surface area contributed by atoms with Crippen molar-refractivity contribution >= 4 is 29.0 Å². The van der Waals surface area contributed by atoms with Crippen molar-refractivity contribution in [2.45, 2.75) is 6.92 Å². The summed E-state index contributed by atoms with van der Waals surface area (Å²) >= 11 is 1.65. The Morgan fingerprint density at radius 2 is 1.96 bits per heavy atom. The fourth-order valence-electron chi connectivity index (χ4n) is 2.70. The van der Waals surface area contributed by atoms with E-state index in [4.69, 9.17) is 0 Å². The predicted molar refractivity (Wildman–Crippen MR) is 111 cm³/mol. The molecule has 0 aliphatic carbocycles. The molecule has 0 spiro atoms. The minimum absolute atomic E-state index is 0.188. The number of anilines is 1. The summed E-state index contributed by atoms with van der Waals surface area (Å²) < 4.78 is 1.54. The molecule has 7 heteroatoms. The SMILES string of the molecule is Cc1ccc(-n2cnnn2)cc1NC(=O)/C=C/c1ccc(-c2ccccc2)s1. The van der Waals surface area contributed by atoms with E-state index in [1.165, 1.54) is 16.8 Å². The molecule has 138 valence electrons. The lowest BCUT2D eigenvalue weighted by molar-refractivity contribution is -0.111. The highest BCUT2D eigenvalue weighted by Gasteiger charge is 2.06. The van der Waals surface area contributed by atoms with E-state index in [0.717, 1.165) is 21.8 Å². The van der Waals surface area contributed by atoms with Crippen molar-refractivity contribution in [1.82, 2.24) is 20.2 Å². The van der Waals surface area contributed by atoms with E-state index in [1.807, 2.05) is 55.5 Å². The molecule has 0 aliphatic rings.